The van der Waals surface area contributed by atoms with Gasteiger partial charge in [0.1, 0.15) is 12.4 Å². The Morgan fingerprint density at radius 3 is 2.61 bits per heavy atom. The van der Waals surface area contributed by atoms with E-state index < -0.39 is 0 Å². The largest absolute Gasteiger partial charge is 0.491 e. The van der Waals surface area contributed by atoms with Gasteiger partial charge < -0.3 is 10.1 Å². The third-order valence-electron chi connectivity index (χ3n) is 2.77. The molecule has 0 spiro atoms. The molecule has 1 aliphatic rings. The molecule has 0 amide bonds. The summed E-state index contributed by atoms with van der Waals surface area (Å²) in [6.45, 7) is 5.86. The number of hydrogen-bond acceptors (Lipinski definition) is 3. The monoisotopic (exact) mass is 310 g/mol. The number of piperazine rings is 1. The molecule has 3 nitrogen and oxygen atoms in total. The van der Waals surface area contributed by atoms with Gasteiger partial charge in [-0.05, 0) is 18.2 Å². The van der Waals surface area contributed by atoms with Crippen molar-refractivity contribution in [2.24, 2.45) is 0 Å². The first-order valence-corrected chi connectivity index (χ1v) is 6.52. The maximum Gasteiger partial charge on any atom is 0.138 e. The van der Waals surface area contributed by atoms with Crippen LogP contribution in [0.1, 0.15) is 0 Å². The average Bonchev–Trinajstić information content (AvgIpc) is 2.33. The fourth-order valence-electron chi connectivity index (χ4n) is 1.81. The lowest BCUT2D eigenvalue weighted by Gasteiger charge is -2.26. The van der Waals surface area contributed by atoms with E-state index in [0.29, 0.717) is 22.4 Å². The van der Waals surface area contributed by atoms with Gasteiger partial charge in [0.15, 0.2) is 0 Å². The second-order valence-electron chi connectivity index (χ2n) is 4.01. The summed E-state index contributed by atoms with van der Waals surface area (Å²) in [5, 5.41) is 4.52. The topological polar surface area (TPSA) is 24.5 Å². The fraction of sp³-hybridized carbons (Fsp3) is 0.500. The average molecular weight is 312 g/mol. The van der Waals surface area contributed by atoms with Crippen LogP contribution >= 0.6 is 35.6 Å². The molecule has 1 fully saturated rings. The van der Waals surface area contributed by atoms with Crippen LogP contribution in [-0.2, 0) is 0 Å². The van der Waals surface area contributed by atoms with Crippen LogP contribution in [0.5, 0.6) is 5.75 Å². The van der Waals surface area contributed by atoms with E-state index in [9.17, 15) is 0 Å². The van der Waals surface area contributed by atoms with Crippen LogP contribution in [0.2, 0.25) is 10.0 Å². The summed E-state index contributed by atoms with van der Waals surface area (Å²) in [7, 11) is 0. The molecule has 0 aliphatic carbocycles. The summed E-state index contributed by atoms with van der Waals surface area (Å²) in [6, 6.07) is 5.29. The summed E-state index contributed by atoms with van der Waals surface area (Å²) in [4.78, 5) is 2.38. The highest BCUT2D eigenvalue weighted by Gasteiger charge is 2.09. The minimum Gasteiger partial charge on any atom is -0.491 e. The Bertz CT molecular complexity index is 370. The standard InChI is InChI=1S/C12H16Cl2N2O.ClH/c13-10-1-2-12(11(14)9-10)17-8-7-16-5-3-15-4-6-16;/h1-2,9,15H,3-8H2;1H. The molecule has 1 aromatic carbocycles. The molecule has 1 saturated heterocycles. The maximum absolute atomic E-state index is 6.02. The van der Waals surface area contributed by atoms with Crippen LogP contribution < -0.4 is 10.1 Å². The molecular formula is C12H17Cl3N2O. The lowest BCUT2D eigenvalue weighted by Crippen LogP contribution is -2.44. The summed E-state index contributed by atoms with van der Waals surface area (Å²) in [5.41, 5.74) is 0. The minimum atomic E-state index is 0. The summed E-state index contributed by atoms with van der Waals surface area (Å²) in [6.07, 6.45) is 0. The second kappa shape index (κ2) is 8.08. The zero-order valence-electron chi connectivity index (χ0n) is 9.99. The number of rotatable bonds is 4. The fourth-order valence-corrected chi connectivity index (χ4v) is 2.27. The molecule has 0 bridgehead atoms. The Labute approximate surface area is 124 Å². The number of benzene rings is 1. The Balaban J connectivity index is 0.00000162. The van der Waals surface area contributed by atoms with Crippen LogP contribution in [0.15, 0.2) is 18.2 Å². The zero-order valence-corrected chi connectivity index (χ0v) is 12.3. The Morgan fingerprint density at radius 2 is 1.94 bits per heavy atom. The molecule has 0 radical (unpaired) electrons. The van der Waals surface area contributed by atoms with Gasteiger partial charge in [-0.3, -0.25) is 4.90 Å². The third kappa shape index (κ3) is 4.82. The molecule has 1 N–H and O–H groups in total. The normalized spacial score (nSPS) is 16.1. The molecule has 1 heterocycles. The van der Waals surface area contributed by atoms with Crippen LogP contribution in [-0.4, -0.2) is 44.2 Å². The van der Waals surface area contributed by atoms with Crippen molar-refractivity contribution < 1.29 is 4.74 Å². The summed E-state index contributed by atoms with van der Waals surface area (Å²) < 4.78 is 5.64. The number of nitrogens with zero attached hydrogens (tertiary/aromatic N) is 1. The Kier molecular flexibility index (Phi) is 7.12. The first kappa shape index (κ1) is 15.9. The van der Waals surface area contributed by atoms with Crippen molar-refractivity contribution >= 4 is 35.6 Å². The molecule has 1 aliphatic heterocycles. The molecule has 102 valence electrons. The van der Waals surface area contributed by atoms with E-state index in [4.69, 9.17) is 27.9 Å². The van der Waals surface area contributed by atoms with E-state index >= 15 is 0 Å². The van der Waals surface area contributed by atoms with Crippen LogP contribution in [0.25, 0.3) is 0 Å². The summed E-state index contributed by atoms with van der Waals surface area (Å²) >= 11 is 11.8. The van der Waals surface area contributed by atoms with E-state index in [1.807, 2.05) is 6.07 Å². The molecule has 0 aromatic heterocycles. The first-order valence-electron chi connectivity index (χ1n) is 5.76. The van der Waals surface area contributed by atoms with E-state index in [-0.39, 0.29) is 12.4 Å². The Morgan fingerprint density at radius 1 is 1.22 bits per heavy atom. The highest BCUT2D eigenvalue weighted by atomic mass is 35.5. The van der Waals surface area contributed by atoms with E-state index in [1.54, 1.807) is 12.1 Å². The Hall–Kier alpha value is -0.190. The lowest BCUT2D eigenvalue weighted by atomic mass is 10.3. The van der Waals surface area contributed by atoms with Crippen molar-refractivity contribution in [3.63, 3.8) is 0 Å². The maximum atomic E-state index is 6.02. The van der Waals surface area contributed by atoms with Crippen molar-refractivity contribution in [3.05, 3.63) is 28.2 Å². The van der Waals surface area contributed by atoms with Crippen molar-refractivity contribution in [2.45, 2.75) is 0 Å². The van der Waals surface area contributed by atoms with Gasteiger partial charge in [-0.25, -0.2) is 0 Å². The second-order valence-corrected chi connectivity index (χ2v) is 4.86. The van der Waals surface area contributed by atoms with Gasteiger partial charge in [-0.2, -0.15) is 0 Å². The van der Waals surface area contributed by atoms with E-state index in [0.717, 1.165) is 32.7 Å². The molecule has 0 unspecified atom stereocenters. The van der Waals surface area contributed by atoms with Crippen LogP contribution in [0, 0.1) is 0 Å². The molecule has 1 aromatic rings. The number of halogens is 3. The third-order valence-corrected chi connectivity index (χ3v) is 3.30. The molecule has 18 heavy (non-hydrogen) atoms. The quantitative estimate of drug-likeness (QED) is 0.925. The SMILES string of the molecule is Cl.Clc1ccc(OCCN2CCNCC2)c(Cl)c1. The van der Waals surface area contributed by atoms with Gasteiger partial charge in [0.05, 0.1) is 5.02 Å². The summed E-state index contributed by atoms with van der Waals surface area (Å²) in [5.74, 6) is 0.700. The van der Waals surface area contributed by atoms with Crippen molar-refractivity contribution in [3.8, 4) is 5.75 Å². The van der Waals surface area contributed by atoms with Crippen LogP contribution in [0.3, 0.4) is 0 Å². The lowest BCUT2D eigenvalue weighted by molar-refractivity contribution is 0.191. The first-order chi connectivity index (χ1) is 8.25. The minimum absolute atomic E-state index is 0. The van der Waals surface area contributed by atoms with E-state index in [1.165, 1.54) is 0 Å². The van der Waals surface area contributed by atoms with Crippen molar-refractivity contribution in [1.29, 1.82) is 0 Å². The predicted molar refractivity (Wildman–Crippen MR) is 78.5 cm³/mol. The number of ether oxygens (including phenoxy) is 1. The van der Waals surface area contributed by atoms with Gasteiger partial charge in [0, 0.05) is 37.7 Å². The molecule has 0 atom stereocenters. The molecule has 6 heteroatoms. The van der Waals surface area contributed by atoms with Crippen molar-refractivity contribution in [1.82, 2.24) is 10.2 Å². The van der Waals surface area contributed by atoms with Gasteiger partial charge in [0.25, 0.3) is 0 Å². The van der Waals surface area contributed by atoms with Crippen LogP contribution in [0.4, 0.5) is 0 Å². The zero-order chi connectivity index (χ0) is 12.1. The molecule has 2 rings (SSSR count). The smallest absolute Gasteiger partial charge is 0.138 e. The predicted octanol–water partition coefficient (Wildman–Crippen LogP) is 2.70. The van der Waals surface area contributed by atoms with Gasteiger partial charge in [0.2, 0.25) is 0 Å². The molecule has 0 saturated carbocycles. The van der Waals surface area contributed by atoms with Crippen molar-refractivity contribution in [2.75, 3.05) is 39.3 Å². The highest BCUT2D eigenvalue weighted by Crippen LogP contribution is 2.27. The van der Waals surface area contributed by atoms with Gasteiger partial charge in [-0.15, -0.1) is 12.4 Å². The molecular weight excluding hydrogens is 295 g/mol. The highest BCUT2D eigenvalue weighted by molar-refractivity contribution is 6.35. The number of nitrogens with one attached hydrogen (secondary N) is 1. The van der Waals surface area contributed by atoms with E-state index in [2.05, 4.69) is 10.2 Å². The van der Waals surface area contributed by atoms with Gasteiger partial charge in [-0.1, -0.05) is 23.2 Å². The number of hydrogen-bond donors (Lipinski definition) is 1. The van der Waals surface area contributed by atoms with Gasteiger partial charge >= 0.3 is 0 Å².